The minimum absolute atomic E-state index is 0.698. The van der Waals surface area contributed by atoms with E-state index in [4.69, 9.17) is 4.42 Å². The number of rotatable bonds is 6. The Morgan fingerprint density at radius 2 is 2.15 bits per heavy atom. The van der Waals surface area contributed by atoms with Crippen LogP contribution in [0, 0.1) is 11.8 Å². The molecule has 3 atom stereocenters. The van der Waals surface area contributed by atoms with Crippen molar-refractivity contribution in [3.05, 3.63) is 24.2 Å². The van der Waals surface area contributed by atoms with Crippen molar-refractivity contribution < 1.29 is 4.42 Å². The van der Waals surface area contributed by atoms with Gasteiger partial charge in [0.25, 0.3) is 0 Å². The lowest BCUT2D eigenvalue weighted by molar-refractivity contribution is 0.132. The third-order valence-electron chi connectivity index (χ3n) is 5.09. The SMILES string of the molecule is CNC1CCC(C)CC1CN(Cc1ccco1)C1CC1. The number of nitrogens with zero attached hydrogens (tertiary/aromatic N) is 1. The summed E-state index contributed by atoms with van der Waals surface area (Å²) in [6.07, 6.45) is 8.61. The third kappa shape index (κ3) is 3.44. The highest BCUT2D eigenvalue weighted by atomic mass is 16.3. The lowest BCUT2D eigenvalue weighted by atomic mass is 9.78. The van der Waals surface area contributed by atoms with Crippen molar-refractivity contribution in [3.63, 3.8) is 0 Å². The Balaban J connectivity index is 1.62. The first-order valence-electron chi connectivity index (χ1n) is 8.20. The largest absolute Gasteiger partial charge is 0.468 e. The van der Waals surface area contributed by atoms with E-state index in [0.717, 1.165) is 30.2 Å². The highest BCUT2D eigenvalue weighted by molar-refractivity contribution is 5.00. The molecule has 2 aliphatic rings. The summed E-state index contributed by atoms with van der Waals surface area (Å²) in [6, 6.07) is 5.60. The molecule has 3 rings (SSSR count). The van der Waals surface area contributed by atoms with Crippen LogP contribution in [-0.2, 0) is 6.54 Å². The second kappa shape index (κ2) is 6.31. The van der Waals surface area contributed by atoms with Gasteiger partial charge in [-0.2, -0.15) is 0 Å². The van der Waals surface area contributed by atoms with Crippen LogP contribution in [0.15, 0.2) is 22.8 Å². The van der Waals surface area contributed by atoms with Crippen LogP contribution in [0.25, 0.3) is 0 Å². The van der Waals surface area contributed by atoms with Gasteiger partial charge in [-0.05, 0) is 63.1 Å². The highest BCUT2D eigenvalue weighted by Gasteiger charge is 2.35. The molecule has 0 aromatic carbocycles. The maximum Gasteiger partial charge on any atom is 0.117 e. The molecule has 1 heterocycles. The Hall–Kier alpha value is -0.800. The molecule has 0 bridgehead atoms. The van der Waals surface area contributed by atoms with Gasteiger partial charge in [0.15, 0.2) is 0 Å². The predicted octanol–water partition coefficient (Wildman–Crippen LogP) is 3.27. The summed E-state index contributed by atoms with van der Waals surface area (Å²) in [4.78, 5) is 2.66. The molecule has 0 radical (unpaired) electrons. The molecule has 112 valence electrons. The lowest BCUT2D eigenvalue weighted by Gasteiger charge is -2.38. The van der Waals surface area contributed by atoms with Crippen LogP contribution in [0.4, 0.5) is 0 Å². The van der Waals surface area contributed by atoms with E-state index in [-0.39, 0.29) is 0 Å². The van der Waals surface area contributed by atoms with E-state index in [1.165, 1.54) is 38.6 Å². The van der Waals surface area contributed by atoms with E-state index in [1.807, 2.05) is 6.07 Å². The molecule has 2 saturated carbocycles. The van der Waals surface area contributed by atoms with Gasteiger partial charge in [0.2, 0.25) is 0 Å². The molecule has 3 nitrogen and oxygen atoms in total. The zero-order valence-corrected chi connectivity index (χ0v) is 12.8. The molecule has 3 heteroatoms. The van der Waals surface area contributed by atoms with Crippen LogP contribution in [0.3, 0.4) is 0 Å². The summed E-state index contributed by atoms with van der Waals surface area (Å²) < 4.78 is 5.55. The van der Waals surface area contributed by atoms with Crippen molar-refractivity contribution in [2.45, 2.75) is 57.7 Å². The van der Waals surface area contributed by atoms with E-state index in [2.05, 4.69) is 30.3 Å². The molecule has 0 spiro atoms. The summed E-state index contributed by atoms with van der Waals surface area (Å²) in [5.41, 5.74) is 0. The Morgan fingerprint density at radius 1 is 1.30 bits per heavy atom. The van der Waals surface area contributed by atoms with Gasteiger partial charge in [0.1, 0.15) is 5.76 Å². The average molecular weight is 276 g/mol. The summed E-state index contributed by atoms with van der Waals surface area (Å²) >= 11 is 0. The Morgan fingerprint density at radius 3 is 2.80 bits per heavy atom. The zero-order chi connectivity index (χ0) is 13.9. The second-order valence-electron chi connectivity index (χ2n) is 6.81. The molecule has 2 fully saturated rings. The van der Waals surface area contributed by atoms with Crippen molar-refractivity contribution in [1.82, 2.24) is 10.2 Å². The molecule has 2 aliphatic carbocycles. The van der Waals surface area contributed by atoms with Crippen molar-refractivity contribution >= 4 is 0 Å². The van der Waals surface area contributed by atoms with Crippen LogP contribution < -0.4 is 5.32 Å². The fraction of sp³-hybridized carbons (Fsp3) is 0.765. The highest BCUT2D eigenvalue weighted by Crippen LogP contribution is 2.34. The number of hydrogen-bond donors (Lipinski definition) is 1. The minimum atomic E-state index is 0.698. The van der Waals surface area contributed by atoms with Crippen LogP contribution in [-0.4, -0.2) is 30.6 Å². The zero-order valence-electron chi connectivity index (χ0n) is 12.8. The van der Waals surface area contributed by atoms with Gasteiger partial charge in [-0.25, -0.2) is 0 Å². The summed E-state index contributed by atoms with van der Waals surface area (Å²) in [5, 5.41) is 3.55. The van der Waals surface area contributed by atoms with Crippen molar-refractivity contribution in [2.24, 2.45) is 11.8 Å². The number of hydrogen-bond acceptors (Lipinski definition) is 3. The molecule has 1 N–H and O–H groups in total. The standard InChI is InChI=1S/C17H28N2O/c1-13-5-8-17(18-2)14(10-13)11-19(15-6-7-15)12-16-4-3-9-20-16/h3-4,9,13-15,17-18H,5-8,10-12H2,1-2H3. The van der Waals surface area contributed by atoms with E-state index < -0.39 is 0 Å². The Kier molecular flexibility index (Phi) is 4.47. The quantitative estimate of drug-likeness (QED) is 0.864. The fourth-order valence-electron chi connectivity index (χ4n) is 3.77. The number of furan rings is 1. The van der Waals surface area contributed by atoms with Crippen LogP contribution in [0.5, 0.6) is 0 Å². The predicted molar refractivity (Wildman–Crippen MR) is 81.5 cm³/mol. The smallest absolute Gasteiger partial charge is 0.117 e. The summed E-state index contributed by atoms with van der Waals surface area (Å²) in [6.45, 7) is 4.62. The lowest BCUT2D eigenvalue weighted by Crippen LogP contribution is -2.44. The molecule has 20 heavy (non-hydrogen) atoms. The first-order chi connectivity index (χ1) is 9.76. The Labute approximate surface area is 122 Å². The van der Waals surface area contributed by atoms with Crippen LogP contribution in [0.1, 0.15) is 44.8 Å². The minimum Gasteiger partial charge on any atom is -0.468 e. The van der Waals surface area contributed by atoms with Gasteiger partial charge in [-0.15, -0.1) is 0 Å². The van der Waals surface area contributed by atoms with E-state index >= 15 is 0 Å². The first-order valence-corrected chi connectivity index (χ1v) is 8.20. The molecular weight excluding hydrogens is 248 g/mol. The van der Waals surface area contributed by atoms with E-state index in [0.29, 0.717) is 6.04 Å². The van der Waals surface area contributed by atoms with Gasteiger partial charge in [-0.1, -0.05) is 6.92 Å². The molecule has 0 saturated heterocycles. The topological polar surface area (TPSA) is 28.4 Å². The van der Waals surface area contributed by atoms with E-state index in [1.54, 1.807) is 6.26 Å². The molecule has 1 aromatic heterocycles. The Bertz CT molecular complexity index is 399. The maximum absolute atomic E-state index is 5.55. The van der Waals surface area contributed by atoms with Gasteiger partial charge in [0.05, 0.1) is 12.8 Å². The molecule has 0 amide bonds. The van der Waals surface area contributed by atoms with Crippen LogP contribution >= 0.6 is 0 Å². The van der Waals surface area contributed by atoms with Crippen LogP contribution in [0.2, 0.25) is 0 Å². The van der Waals surface area contributed by atoms with Crippen molar-refractivity contribution in [3.8, 4) is 0 Å². The summed E-state index contributed by atoms with van der Waals surface area (Å²) in [7, 11) is 2.13. The maximum atomic E-state index is 5.55. The van der Waals surface area contributed by atoms with Gasteiger partial charge >= 0.3 is 0 Å². The molecule has 3 unspecified atom stereocenters. The fourth-order valence-corrected chi connectivity index (χ4v) is 3.77. The van der Waals surface area contributed by atoms with Gasteiger partial charge in [0, 0.05) is 18.6 Å². The average Bonchev–Trinajstić information content (AvgIpc) is 3.17. The second-order valence-corrected chi connectivity index (χ2v) is 6.81. The molecule has 0 aliphatic heterocycles. The summed E-state index contributed by atoms with van der Waals surface area (Å²) in [5.74, 6) is 2.79. The molecular formula is C17H28N2O. The number of nitrogens with one attached hydrogen (secondary N) is 1. The first kappa shape index (κ1) is 14.2. The van der Waals surface area contributed by atoms with E-state index in [9.17, 15) is 0 Å². The normalized spacial score (nSPS) is 30.9. The van der Waals surface area contributed by atoms with Crippen molar-refractivity contribution in [1.29, 1.82) is 0 Å². The third-order valence-corrected chi connectivity index (χ3v) is 5.09. The van der Waals surface area contributed by atoms with Gasteiger partial charge < -0.3 is 9.73 Å². The monoisotopic (exact) mass is 276 g/mol. The van der Waals surface area contributed by atoms with Gasteiger partial charge in [-0.3, -0.25) is 4.90 Å². The molecule has 1 aromatic rings. The van der Waals surface area contributed by atoms with Crippen molar-refractivity contribution in [2.75, 3.05) is 13.6 Å².